The van der Waals surface area contributed by atoms with Gasteiger partial charge in [0.1, 0.15) is 4.90 Å². The number of piperazine rings is 2. The Labute approximate surface area is 420 Å². The molecule has 1 amide bonds. The molecule has 4 aromatic rings. The highest BCUT2D eigenvalue weighted by Gasteiger charge is 2.50. The van der Waals surface area contributed by atoms with Crippen molar-refractivity contribution in [3.8, 4) is 0 Å². The van der Waals surface area contributed by atoms with Crippen molar-refractivity contribution < 1.29 is 34.8 Å². The molecule has 0 radical (unpaired) electrons. The summed E-state index contributed by atoms with van der Waals surface area (Å²) in [6, 6.07) is 26.9. The largest absolute Gasteiger partial charge is 0.501 e. The summed E-state index contributed by atoms with van der Waals surface area (Å²) in [7, 11) is -10.9. The number of thioether (sulfide) groups is 1. The molecule has 1 saturated carbocycles. The summed E-state index contributed by atoms with van der Waals surface area (Å²) < 4.78 is 98.9. The van der Waals surface area contributed by atoms with E-state index in [1.165, 1.54) is 59.9 Å². The number of sulfone groups is 1. The number of sulfonamides is 1. The number of likely N-dealkylation sites (tertiary alicyclic amines) is 2. The van der Waals surface area contributed by atoms with Gasteiger partial charge in [0.2, 0.25) is 0 Å². The van der Waals surface area contributed by atoms with E-state index in [0.717, 1.165) is 92.8 Å². The summed E-state index contributed by atoms with van der Waals surface area (Å²) in [6.45, 7) is 13.1. The van der Waals surface area contributed by atoms with Gasteiger partial charge in [0.25, 0.3) is 25.8 Å². The fourth-order valence-electron chi connectivity index (χ4n) is 10.9. The molecule has 376 valence electrons. The van der Waals surface area contributed by atoms with E-state index >= 15 is 0 Å². The highest BCUT2D eigenvalue weighted by atomic mass is 35.5. The molecular weight excluding hydrogens is 977 g/mol. The molecule has 2 aliphatic carbocycles. The molecule has 4 aromatic carbocycles. The standard InChI is InChI=1S/C52H62ClF3N6O5S3/c1-50(2,3)62-34-42-29-43(62)33-61(42)24-20-40(35-68-44-7-5-4-6-8-44)57-47-18-17-45(30-48(47)69(64,65)52(54,55)56)70(66,67)58-49(63)37-11-15-41(16-12-37)60-27-25-59(26-28-60)32-38-31-51(22-23-51)21-19-46(38)36-9-13-39(53)14-10-36/h4-18,30,40,42-43,57H,19-29,31-35H2,1-3H3,(H,58,63)/t40-,42?,43?/m1/s1. The van der Waals surface area contributed by atoms with Crippen LogP contribution in [0.2, 0.25) is 5.02 Å². The summed E-state index contributed by atoms with van der Waals surface area (Å²) in [6.07, 6.45) is 7.55. The van der Waals surface area contributed by atoms with E-state index in [9.17, 15) is 34.8 Å². The van der Waals surface area contributed by atoms with Crippen molar-refractivity contribution in [3.63, 3.8) is 0 Å². The Hall–Kier alpha value is -4.10. The topological polar surface area (TPSA) is 122 Å². The van der Waals surface area contributed by atoms with Gasteiger partial charge in [-0.3, -0.25) is 19.5 Å². The Morgan fingerprint density at radius 2 is 1.56 bits per heavy atom. The normalized spacial score (nSPS) is 21.6. The van der Waals surface area contributed by atoms with Gasteiger partial charge < -0.3 is 10.2 Å². The number of amides is 1. The molecule has 70 heavy (non-hydrogen) atoms. The Morgan fingerprint density at radius 3 is 2.19 bits per heavy atom. The Balaban J connectivity index is 0.858. The predicted molar refractivity (Wildman–Crippen MR) is 273 cm³/mol. The highest BCUT2D eigenvalue weighted by Crippen LogP contribution is 2.58. The van der Waals surface area contributed by atoms with Crippen LogP contribution in [-0.4, -0.2) is 125 Å². The van der Waals surface area contributed by atoms with E-state index in [1.54, 1.807) is 12.1 Å². The van der Waals surface area contributed by atoms with Gasteiger partial charge in [-0.05, 0) is 149 Å². The third-order valence-corrected chi connectivity index (χ3v) is 19.3. The first-order valence-electron chi connectivity index (χ1n) is 24.2. The molecule has 3 saturated heterocycles. The zero-order valence-electron chi connectivity index (χ0n) is 39.9. The van der Waals surface area contributed by atoms with Crippen LogP contribution in [0.5, 0.6) is 0 Å². The first kappa shape index (κ1) is 50.8. The average Bonchev–Trinajstić information content (AvgIpc) is 3.73. The second kappa shape index (κ2) is 20.1. The molecule has 3 heterocycles. The predicted octanol–water partition coefficient (Wildman–Crippen LogP) is 9.81. The number of hydrogen-bond acceptors (Lipinski definition) is 11. The SMILES string of the molecule is CC(C)(C)N1CC2CC1CN2CC[C@H](CSc1ccccc1)Nc1ccc(S(=O)(=O)NC(=O)c2ccc(N3CCN(CC4=C(c5ccc(Cl)cc5)CCC5(CC5)C4)CC3)cc2)cc1S(=O)(=O)C(F)(F)F. The number of fused-ring (bicyclic) bond motifs is 2. The van der Waals surface area contributed by atoms with Crippen LogP contribution in [0.1, 0.15) is 81.6 Å². The lowest BCUT2D eigenvalue weighted by molar-refractivity contribution is -0.0435. The molecule has 18 heteroatoms. The Morgan fingerprint density at radius 1 is 0.857 bits per heavy atom. The summed E-state index contributed by atoms with van der Waals surface area (Å²) in [5, 5.41) is 3.81. The first-order chi connectivity index (χ1) is 33.2. The second-order valence-corrected chi connectivity index (χ2v) is 25.9. The molecule has 4 fully saturated rings. The minimum Gasteiger partial charge on any atom is -0.380 e. The number of nitrogens with one attached hydrogen (secondary N) is 2. The highest BCUT2D eigenvalue weighted by molar-refractivity contribution is 7.99. The van der Waals surface area contributed by atoms with Gasteiger partial charge in [0.15, 0.2) is 0 Å². The van der Waals surface area contributed by atoms with E-state index in [-0.39, 0.29) is 16.8 Å². The van der Waals surface area contributed by atoms with Gasteiger partial charge in [-0.25, -0.2) is 21.6 Å². The number of rotatable bonds is 16. The van der Waals surface area contributed by atoms with Crippen molar-refractivity contribution in [2.24, 2.45) is 5.41 Å². The number of nitrogens with zero attached hydrogens (tertiary/aromatic N) is 4. The minimum atomic E-state index is -6.06. The lowest BCUT2D eigenvalue weighted by Gasteiger charge is -2.42. The van der Waals surface area contributed by atoms with E-state index in [2.05, 4.69) is 57.8 Å². The molecule has 2 N–H and O–H groups in total. The number of benzene rings is 4. The molecule has 3 aliphatic heterocycles. The maximum atomic E-state index is 14.4. The molecule has 11 nitrogen and oxygen atoms in total. The maximum Gasteiger partial charge on any atom is 0.501 e. The third-order valence-electron chi connectivity index (χ3n) is 15.0. The first-order valence-corrected chi connectivity index (χ1v) is 28.5. The van der Waals surface area contributed by atoms with Crippen molar-refractivity contribution >= 4 is 66.1 Å². The molecule has 2 unspecified atom stereocenters. The maximum absolute atomic E-state index is 14.4. The van der Waals surface area contributed by atoms with E-state index in [1.807, 2.05) is 47.2 Å². The number of anilines is 2. The van der Waals surface area contributed by atoms with Crippen LogP contribution in [0.4, 0.5) is 24.5 Å². The van der Waals surface area contributed by atoms with Crippen molar-refractivity contribution in [3.05, 3.63) is 119 Å². The van der Waals surface area contributed by atoms with Gasteiger partial charge in [0.05, 0.1) is 10.6 Å². The molecular formula is C52H62ClF3N6O5S3. The van der Waals surface area contributed by atoms with Crippen LogP contribution in [0.3, 0.4) is 0 Å². The van der Waals surface area contributed by atoms with Crippen LogP contribution >= 0.6 is 23.4 Å². The summed E-state index contributed by atoms with van der Waals surface area (Å²) >= 11 is 7.69. The zero-order chi connectivity index (χ0) is 49.6. The molecule has 0 aromatic heterocycles. The number of carbonyl (C=O) groups is 1. The number of carbonyl (C=O) groups excluding carboxylic acids is 1. The van der Waals surface area contributed by atoms with Gasteiger partial charge in [-0.2, -0.15) is 13.2 Å². The van der Waals surface area contributed by atoms with Gasteiger partial charge in [-0.15, -0.1) is 11.8 Å². The van der Waals surface area contributed by atoms with E-state index in [4.69, 9.17) is 11.6 Å². The van der Waals surface area contributed by atoms with Crippen LogP contribution in [0.15, 0.2) is 117 Å². The lowest BCUT2D eigenvalue weighted by Crippen LogP contribution is -2.53. The van der Waals surface area contributed by atoms with Gasteiger partial charge in [-0.1, -0.05) is 47.5 Å². The number of hydrogen-bond donors (Lipinski definition) is 2. The monoisotopic (exact) mass is 1040 g/mol. The van der Waals surface area contributed by atoms with Crippen molar-refractivity contribution in [2.45, 2.75) is 110 Å². The molecule has 3 atom stereocenters. The fraction of sp³-hybridized carbons (Fsp3) is 0.481. The van der Waals surface area contributed by atoms with Crippen LogP contribution in [0, 0.1) is 5.41 Å². The molecule has 9 rings (SSSR count). The molecule has 2 bridgehead atoms. The summed E-state index contributed by atoms with van der Waals surface area (Å²) in [5.41, 5.74) is -0.540. The Kier molecular flexibility index (Phi) is 14.6. The summed E-state index contributed by atoms with van der Waals surface area (Å²) in [5.74, 6) is -0.619. The van der Waals surface area contributed by atoms with E-state index < -0.39 is 47.1 Å². The van der Waals surface area contributed by atoms with Crippen LogP contribution in [0.25, 0.3) is 5.57 Å². The lowest BCUT2D eigenvalue weighted by atomic mass is 9.79. The third kappa shape index (κ3) is 11.4. The average molecular weight is 1040 g/mol. The number of halogens is 4. The van der Waals surface area contributed by atoms with Gasteiger partial charge >= 0.3 is 5.51 Å². The zero-order valence-corrected chi connectivity index (χ0v) is 43.1. The summed E-state index contributed by atoms with van der Waals surface area (Å²) in [4.78, 5) is 22.0. The van der Waals surface area contributed by atoms with Gasteiger partial charge in [0, 0.05) is 103 Å². The van der Waals surface area contributed by atoms with Crippen molar-refractivity contribution in [1.82, 2.24) is 19.4 Å². The smallest absolute Gasteiger partial charge is 0.380 e. The minimum absolute atomic E-state index is 0.0106. The molecule has 5 aliphatic rings. The fourth-order valence-corrected chi connectivity index (χ4v) is 14.0. The number of alkyl halides is 3. The number of allylic oxidation sites excluding steroid dienone is 1. The van der Waals surface area contributed by atoms with E-state index in [0.29, 0.717) is 42.3 Å². The molecule has 1 spiro atoms. The van der Waals surface area contributed by atoms with Crippen molar-refractivity contribution in [2.75, 3.05) is 68.3 Å². The van der Waals surface area contributed by atoms with Crippen molar-refractivity contribution in [1.29, 1.82) is 0 Å². The van der Waals surface area contributed by atoms with Crippen LogP contribution in [-0.2, 0) is 19.9 Å². The second-order valence-electron chi connectivity index (χ2n) is 20.7. The quantitative estimate of drug-likeness (QED) is 0.104. The Bertz CT molecular complexity index is 2800. The van der Waals surface area contributed by atoms with Crippen LogP contribution < -0.4 is 14.9 Å².